The van der Waals surface area contributed by atoms with E-state index in [0.717, 1.165) is 108 Å². The highest BCUT2D eigenvalue weighted by Gasteiger charge is 2.30. The summed E-state index contributed by atoms with van der Waals surface area (Å²) in [6.07, 6.45) is 55.4. The summed E-state index contributed by atoms with van der Waals surface area (Å²) in [6.45, 7) is 9.57. The highest BCUT2D eigenvalue weighted by Crippen LogP contribution is 2.45. The number of rotatable bonds is 75. The molecule has 3 N–H and O–H groups in total. The molecule has 17 nitrogen and oxygen atoms in total. The van der Waals surface area contributed by atoms with Crippen LogP contribution in [0.25, 0.3) is 0 Å². The van der Waals surface area contributed by atoms with E-state index in [1.807, 2.05) is 0 Å². The molecule has 564 valence electrons. The van der Waals surface area contributed by atoms with Gasteiger partial charge in [-0.2, -0.15) is 0 Å². The van der Waals surface area contributed by atoms with E-state index in [2.05, 4.69) is 41.5 Å². The van der Waals surface area contributed by atoms with E-state index >= 15 is 0 Å². The predicted octanol–water partition coefficient (Wildman–Crippen LogP) is 22.3. The Kier molecular flexibility index (Phi) is 66.5. The highest BCUT2D eigenvalue weighted by molar-refractivity contribution is 7.47. The molecule has 0 amide bonds. The molecule has 0 aliphatic carbocycles. The van der Waals surface area contributed by atoms with Crippen molar-refractivity contribution in [2.75, 3.05) is 39.6 Å². The third-order valence-corrected chi connectivity index (χ3v) is 20.0. The van der Waals surface area contributed by atoms with Gasteiger partial charge in [-0.25, -0.2) is 9.13 Å². The average Bonchev–Trinajstić information content (AvgIpc) is 2.27. The number of aliphatic hydroxyl groups excluding tert-OH is 1. The van der Waals surface area contributed by atoms with Crippen LogP contribution in [0.1, 0.15) is 395 Å². The minimum atomic E-state index is -4.96. The summed E-state index contributed by atoms with van der Waals surface area (Å²) in [7, 11) is -9.91. The maximum Gasteiger partial charge on any atom is 0.472 e. The maximum atomic E-state index is 13.1. The van der Waals surface area contributed by atoms with E-state index < -0.39 is 97.5 Å². The third kappa shape index (κ3) is 69.0. The smallest absolute Gasteiger partial charge is 0.462 e. The van der Waals surface area contributed by atoms with Gasteiger partial charge in [0, 0.05) is 25.7 Å². The summed E-state index contributed by atoms with van der Waals surface area (Å²) in [5.74, 6) is -0.612. The number of esters is 4. The van der Waals surface area contributed by atoms with Gasteiger partial charge in [-0.1, -0.05) is 343 Å². The monoisotopic (exact) mass is 1400 g/mol. The molecule has 0 saturated heterocycles. The van der Waals surface area contributed by atoms with Crippen LogP contribution in [0.3, 0.4) is 0 Å². The van der Waals surface area contributed by atoms with Crippen LogP contribution in [-0.2, 0) is 65.4 Å². The van der Waals surface area contributed by atoms with Crippen molar-refractivity contribution in [3.63, 3.8) is 0 Å². The van der Waals surface area contributed by atoms with E-state index in [0.29, 0.717) is 25.7 Å². The van der Waals surface area contributed by atoms with E-state index in [-0.39, 0.29) is 25.7 Å². The van der Waals surface area contributed by atoms with Crippen LogP contribution in [0.4, 0.5) is 0 Å². The topological polar surface area (TPSA) is 237 Å². The van der Waals surface area contributed by atoms with Gasteiger partial charge in [0.1, 0.15) is 19.3 Å². The van der Waals surface area contributed by atoms with Crippen LogP contribution in [-0.4, -0.2) is 96.7 Å². The number of phosphoric acid groups is 2. The zero-order valence-corrected chi connectivity index (χ0v) is 63.8. The van der Waals surface area contributed by atoms with E-state index in [4.69, 9.17) is 37.0 Å². The van der Waals surface area contributed by atoms with Crippen LogP contribution in [0, 0.1) is 11.8 Å². The Morgan fingerprint density at radius 3 is 0.800 bits per heavy atom. The number of carbonyl (C=O) groups excluding carboxylic acids is 4. The maximum absolute atomic E-state index is 13.1. The minimum absolute atomic E-state index is 0.107. The highest BCUT2D eigenvalue weighted by atomic mass is 31.2. The molecule has 0 heterocycles. The first-order chi connectivity index (χ1) is 45.9. The van der Waals surface area contributed by atoms with Gasteiger partial charge in [-0.3, -0.25) is 37.3 Å². The van der Waals surface area contributed by atoms with Crippen molar-refractivity contribution in [1.82, 2.24) is 0 Å². The molecule has 0 aliphatic heterocycles. The first kappa shape index (κ1) is 93.1. The average molecular weight is 1400 g/mol. The molecule has 0 radical (unpaired) electrons. The Morgan fingerprint density at radius 2 is 0.537 bits per heavy atom. The molecule has 0 aromatic heterocycles. The Balaban J connectivity index is 5.25. The summed E-state index contributed by atoms with van der Waals surface area (Å²) in [5.41, 5.74) is 0. The molecule has 0 rings (SSSR count). The number of hydrogen-bond donors (Lipinski definition) is 3. The molecule has 6 atom stereocenters. The second-order valence-corrected chi connectivity index (χ2v) is 31.0. The lowest BCUT2D eigenvalue weighted by molar-refractivity contribution is -0.161. The van der Waals surface area contributed by atoms with Gasteiger partial charge in [0.15, 0.2) is 12.2 Å². The summed E-state index contributed by atoms with van der Waals surface area (Å²) < 4.78 is 68.5. The van der Waals surface area contributed by atoms with Crippen molar-refractivity contribution >= 4 is 39.5 Å². The second kappa shape index (κ2) is 67.9. The summed E-state index contributed by atoms with van der Waals surface area (Å²) >= 11 is 0. The van der Waals surface area contributed by atoms with E-state index in [9.17, 15) is 43.2 Å². The molecule has 0 spiro atoms. The number of carbonyl (C=O) groups is 4. The molecule has 0 aliphatic rings. The van der Waals surface area contributed by atoms with Crippen molar-refractivity contribution in [3.8, 4) is 0 Å². The largest absolute Gasteiger partial charge is 0.472 e. The summed E-state index contributed by atoms with van der Waals surface area (Å²) in [4.78, 5) is 72.8. The van der Waals surface area contributed by atoms with Gasteiger partial charge in [-0.15, -0.1) is 0 Å². The van der Waals surface area contributed by atoms with Crippen LogP contribution >= 0.6 is 15.6 Å². The molecule has 19 heteroatoms. The van der Waals surface area contributed by atoms with Crippen LogP contribution in [0.15, 0.2) is 0 Å². The number of ether oxygens (including phenoxy) is 4. The van der Waals surface area contributed by atoms with Crippen LogP contribution in [0.2, 0.25) is 0 Å². The fraction of sp³-hybridized carbons (Fsp3) is 0.947. The third-order valence-electron chi connectivity index (χ3n) is 18.1. The molecule has 0 aromatic carbocycles. The molecule has 0 aromatic rings. The zero-order valence-electron chi connectivity index (χ0n) is 62.0. The fourth-order valence-corrected chi connectivity index (χ4v) is 13.2. The van der Waals surface area contributed by atoms with Crippen molar-refractivity contribution in [3.05, 3.63) is 0 Å². The molecule has 3 unspecified atom stereocenters. The lowest BCUT2D eigenvalue weighted by Gasteiger charge is -2.21. The van der Waals surface area contributed by atoms with Gasteiger partial charge < -0.3 is 33.8 Å². The van der Waals surface area contributed by atoms with Crippen LogP contribution in [0.5, 0.6) is 0 Å². The first-order valence-corrected chi connectivity index (χ1v) is 42.5. The predicted molar refractivity (Wildman–Crippen MR) is 386 cm³/mol. The van der Waals surface area contributed by atoms with Gasteiger partial charge in [0.05, 0.1) is 26.4 Å². The minimum Gasteiger partial charge on any atom is -0.462 e. The Bertz CT molecular complexity index is 1840. The van der Waals surface area contributed by atoms with Crippen LogP contribution < -0.4 is 0 Å². The van der Waals surface area contributed by atoms with E-state index in [1.165, 1.54) is 205 Å². The summed E-state index contributed by atoms with van der Waals surface area (Å²) in [5, 5.41) is 10.6. The fourth-order valence-electron chi connectivity index (χ4n) is 11.6. The SMILES string of the molecule is CCCCCCCCCCCCCCCCCCCC(=O)O[C@H](COC(=O)CCCCCCCCCCCCCC(C)C)COP(=O)(O)OC[C@@H](O)COP(=O)(O)OC[C@@H](COC(=O)CCCCCCCCC(C)CC)OC(=O)CCCCCCCCCCCCCCCC. The number of hydrogen-bond acceptors (Lipinski definition) is 15. The molecule has 0 bridgehead atoms. The van der Waals surface area contributed by atoms with Crippen molar-refractivity contribution in [2.24, 2.45) is 11.8 Å². The number of unbranched alkanes of at least 4 members (excludes halogenated alkanes) is 44. The molecule has 95 heavy (non-hydrogen) atoms. The van der Waals surface area contributed by atoms with Gasteiger partial charge in [0.2, 0.25) is 0 Å². The standard InChI is InChI=1S/C76H148O17P2/c1-7-10-12-14-16-18-20-22-24-25-26-28-32-37-41-49-55-61-75(80)92-71(64-86-73(78)58-52-46-39-35-33-29-30-34-38-44-50-56-68(4)5)66-90-94(82,83)88-62-70(77)63-89-95(84,85)91-67-72(65-87-74(79)59-53-47-43-42-45-51-57-69(6)9-3)93-76(81)60-54-48-40-36-31-27-23-21-19-17-15-13-11-8-2/h68-72,77H,7-67H2,1-6H3,(H,82,83)(H,84,85)/t69?,70-,71-,72-/m1/s1. The van der Waals surface area contributed by atoms with Gasteiger partial charge in [-0.05, 0) is 37.5 Å². The Morgan fingerprint density at radius 1 is 0.305 bits per heavy atom. The molecule has 0 fully saturated rings. The van der Waals surface area contributed by atoms with Crippen molar-refractivity contribution in [1.29, 1.82) is 0 Å². The van der Waals surface area contributed by atoms with E-state index in [1.54, 1.807) is 0 Å². The summed E-state index contributed by atoms with van der Waals surface area (Å²) in [6, 6.07) is 0. The Hall–Kier alpha value is -1.94. The molecule has 0 saturated carbocycles. The number of aliphatic hydroxyl groups is 1. The zero-order chi connectivity index (χ0) is 70.0. The normalized spacial score (nSPS) is 14.3. The lowest BCUT2D eigenvalue weighted by atomic mass is 10.00. The lowest BCUT2D eigenvalue weighted by Crippen LogP contribution is -2.30. The van der Waals surface area contributed by atoms with Crippen molar-refractivity contribution < 1.29 is 80.2 Å². The molecular formula is C76H148O17P2. The Labute approximate surface area is 581 Å². The van der Waals surface area contributed by atoms with Crippen molar-refractivity contribution in [2.45, 2.75) is 413 Å². The van der Waals surface area contributed by atoms with Gasteiger partial charge >= 0.3 is 39.5 Å². The first-order valence-electron chi connectivity index (χ1n) is 39.5. The number of phosphoric ester groups is 2. The quantitative estimate of drug-likeness (QED) is 0.0222. The second-order valence-electron chi connectivity index (χ2n) is 28.1. The van der Waals surface area contributed by atoms with Gasteiger partial charge in [0.25, 0.3) is 0 Å². The molecular weight excluding hydrogens is 1250 g/mol.